The van der Waals surface area contributed by atoms with Crippen molar-refractivity contribution in [3.05, 3.63) is 39.5 Å². The number of thioether (sulfide) groups is 1. The van der Waals surface area contributed by atoms with Gasteiger partial charge in [0, 0.05) is 28.7 Å². The number of ether oxygens (including phenoxy) is 1. The van der Waals surface area contributed by atoms with Gasteiger partial charge in [-0.3, -0.25) is 4.79 Å². The van der Waals surface area contributed by atoms with E-state index in [-0.39, 0.29) is 5.56 Å². The Morgan fingerprint density at radius 3 is 3.00 bits per heavy atom. The van der Waals surface area contributed by atoms with Crippen molar-refractivity contribution < 1.29 is 4.74 Å². The van der Waals surface area contributed by atoms with Crippen LogP contribution in [0.3, 0.4) is 0 Å². The highest BCUT2D eigenvalue weighted by atomic mass is 32.2. The molecule has 1 aromatic carbocycles. The number of hydrogen-bond acceptors (Lipinski definition) is 6. The summed E-state index contributed by atoms with van der Waals surface area (Å²) in [6.07, 6.45) is 1.29. The molecule has 0 aliphatic heterocycles. The molecular weight excluding hydrogens is 354 g/mol. The third-order valence-corrected chi connectivity index (χ3v) is 5.57. The van der Waals surface area contributed by atoms with Gasteiger partial charge in [-0.25, -0.2) is 4.98 Å². The molecule has 7 heteroatoms. The van der Waals surface area contributed by atoms with Crippen LogP contribution in [0.4, 0.5) is 0 Å². The van der Waals surface area contributed by atoms with E-state index in [4.69, 9.17) is 10.00 Å². The number of H-pyrrole nitrogens is 1. The highest BCUT2D eigenvalue weighted by molar-refractivity contribution is 7.99. The average Bonchev–Trinajstić information content (AvgIpc) is 3.03. The maximum Gasteiger partial charge on any atom is 0.260 e. The van der Waals surface area contributed by atoms with Gasteiger partial charge in [-0.15, -0.1) is 11.3 Å². The van der Waals surface area contributed by atoms with Gasteiger partial charge in [0.1, 0.15) is 10.6 Å². The van der Waals surface area contributed by atoms with Crippen LogP contribution in [-0.2, 0) is 0 Å². The highest BCUT2D eigenvalue weighted by Gasteiger charge is 2.16. The van der Waals surface area contributed by atoms with Crippen molar-refractivity contribution in [2.45, 2.75) is 24.9 Å². The first kappa shape index (κ1) is 17.5. The molecule has 0 atom stereocenters. The second-order valence-corrected chi connectivity index (χ2v) is 7.46. The number of nitriles is 1. The number of aromatic amines is 1. The first-order chi connectivity index (χ1) is 12.1. The molecule has 0 aliphatic carbocycles. The van der Waals surface area contributed by atoms with Gasteiger partial charge in [-0.05, 0) is 25.5 Å². The fourth-order valence-electron chi connectivity index (χ4n) is 2.55. The molecule has 0 amide bonds. The summed E-state index contributed by atoms with van der Waals surface area (Å²) >= 11 is 2.92. The Kier molecular flexibility index (Phi) is 5.41. The Bertz CT molecular complexity index is 1000. The molecule has 0 bridgehead atoms. The molecule has 0 aliphatic rings. The van der Waals surface area contributed by atoms with E-state index in [2.05, 4.69) is 16.0 Å². The van der Waals surface area contributed by atoms with Crippen LogP contribution >= 0.6 is 23.1 Å². The number of hydrogen-bond donors (Lipinski definition) is 1. The Morgan fingerprint density at radius 2 is 2.24 bits per heavy atom. The lowest BCUT2D eigenvalue weighted by Gasteiger charge is -2.08. The topological polar surface area (TPSA) is 78.8 Å². The summed E-state index contributed by atoms with van der Waals surface area (Å²) < 4.78 is 5.45. The second kappa shape index (κ2) is 7.72. The summed E-state index contributed by atoms with van der Waals surface area (Å²) in [5.41, 5.74) is 2.70. The average molecular weight is 371 g/mol. The summed E-state index contributed by atoms with van der Waals surface area (Å²) in [7, 11) is 1.63. The molecule has 1 N–H and O–H groups in total. The predicted molar refractivity (Wildman–Crippen MR) is 103 cm³/mol. The van der Waals surface area contributed by atoms with Gasteiger partial charge in [-0.2, -0.15) is 5.26 Å². The molecule has 0 radical (unpaired) electrons. The predicted octanol–water partition coefficient (Wildman–Crippen LogP) is 4.36. The minimum Gasteiger partial charge on any atom is -0.496 e. The molecule has 25 heavy (non-hydrogen) atoms. The number of nitrogens with one attached hydrogen (secondary N) is 1. The summed E-state index contributed by atoms with van der Waals surface area (Å²) in [5.74, 6) is 1.49. The van der Waals surface area contributed by atoms with E-state index in [1.54, 1.807) is 7.11 Å². The number of unbranched alkanes of at least 4 members (excludes halogenated alkanes) is 1. The summed E-state index contributed by atoms with van der Waals surface area (Å²) in [6, 6.07) is 8.03. The van der Waals surface area contributed by atoms with Crippen LogP contribution in [0.2, 0.25) is 0 Å². The smallest absolute Gasteiger partial charge is 0.260 e. The van der Waals surface area contributed by atoms with Crippen LogP contribution in [0.5, 0.6) is 5.75 Å². The molecule has 0 fully saturated rings. The van der Waals surface area contributed by atoms with E-state index >= 15 is 0 Å². The van der Waals surface area contributed by atoms with Crippen molar-refractivity contribution in [1.29, 1.82) is 5.26 Å². The van der Waals surface area contributed by atoms with Crippen molar-refractivity contribution >= 4 is 33.3 Å². The molecule has 2 aromatic heterocycles. The lowest BCUT2D eigenvalue weighted by atomic mass is 10.0. The van der Waals surface area contributed by atoms with Crippen molar-refractivity contribution in [2.75, 3.05) is 12.9 Å². The number of aromatic nitrogens is 2. The Morgan fingerprint density at radius 1 is 1.40 bits per heavy atom. The van der Waals surface area contributed by atoms with Gasteiger partial charge >= 0.3 is 0 Å². The highest BCUT2D eigenvalue weighted by Crippen LogP contribution is 2.37. The monoisotopic (exact) mass is 371 g/mol. The number of methoxy groups -OCH3 is 1. The van der Waals surface area contributed by atoms with Gasteiger partial charge in [-0.1, -0.05) is 23.4 Å². The van der Waals surface area contributed by atoms with Crippen LogP contribution in [0.1, 0.15) is 18.4 Å². The van der Waals surface area contributed by atoms with E-state index in [9.17, 15) is 4.79 Å². The van der Waals surface area contributed by atoms with Crippen molar-refractivity contribution in [1.82, 2.24) is 9.97 Å². The van der Waals surface area contributed by atoms with Crippen LogP contribution < -0.4 is 10.3 Å². The van der Waals surface area contributed by atoms with Crippen molar-refractivity contribution in [2.24, 2.45) is 0 Å². The fourth-order valence-corrected chi connectivity index (χ4v) is 4.35. The van der Waals surface area contributed by atoms with Gasteiger partial charge in [0.25, 0.3) is 5.56 Å². The zero-order chi connectivity index (χ0) is 17.8. The summed E-state index contributed by atoms with van der Waals surface area (Å²) in [5, 5.41) is 11.7. The first-order valence-electron chi connectivity index (χ1n) is 7.80. The first-order valence-corrected chi connectivity index (χ1v) is 9.67. The molecular formula is C18H17N3O2S2. The fraction of sp³-hybridized carbons (Fsp3) is 0.278. The maximum absolute atomic E-state index is 12.6. The SMILES string of the molecule is COc1ccc(C)cc1-c1csc2nc(SCCCC#N)[nH]c(=O)c12. The molecule has 0 spiro atoms. The molecule has 5 nitrogen and oxygen atoms in total. The minimum absolute atomic E-state index is 0.146. The Labute approximate surface area is 153 Å². The maximum atomic E-state index is 12.6. The number of benzene rings is 1. The largest absolute Gasteiger partial charge is 0.496 e. The van der Waals surface area contributed by atoms with Crippen molar-refractivity contribution in [3.8, 4) is 22.9 Å². The third-order valence-electron chi connectivity index (χ3n) is 3.74. The lowest BCUT2D eigenvalue weighted by Crippen LogP contribution is -2.09. The van der Waals surface area contributed by atoms with E-state index in [0.29, 0.717) is 21.8 Å². The Balaban J connectivity index is 2.01. The van der Waals surface area contributed by atoms with E-state index < -0.39 is 0 Å². The van der Waals surface area contributed by atoms with Crippen LogP contribution in [0.15, 0.2) is 33.5 Å². The summed E-state index contributed by atoms with van der Waals surface area (Å²) in [6.45, 7) is 2.01. The van der Waals surface area contributed by atoms with Gasteiger partial charge in [0.15, 0.2) is 5.16 Å². The molecule has 3 aromatic rings. The molecule has 2 heterocycles. The normalized spacial score (nSPS) is 10.8. The lowest BCUT2D eigenvalue weighted by molar-refractivity contribution is 0.416. The van der Waals surface area contributed by atoms with E-state index in [1.165, 1.54) is 23.1 Å². The molecule has 128 valence electrons. The molecule has 0 saturated heterocycles. The number of nitrogens with zero attached hydrogens (tertiary/aromatic N) is 2. The molecule has 3 rings (SSSR count). The second-order valence-electron chi connectivity index (χ2n) is 5.51. The third kappa shape index (κ3) is 3.70. The Hall–Kier alpha value is -2.30. The number of fused-ring (bicyclic) bond motifs is 1. The van der Waals surface area contributed by atoms with E-state index in [1.807, 2.05) is 30.5 Å². The van der Waals surface area contributed by atoms with Crippen LogP contribution in [-0.4, -0.2) is 22.8 Å². The summed E-state index contributed by atoms with van der Waals surface area (Å²) in [4.78, 5) is 20.8. The zero-order valence-corrected chi connectivity index (χ0v) is 15.6. The standard InChI is InChI=1S/C18H17N3O2S2/c1-11-5-6-14(23-2)12(9-11)13-10-25-17-15(13)16(22)20-18(21-17)24-8-4-3-7-19/h5-6,9-10H,3-4,8H2,1-2H3,(H,20,21,22). The van der Waals surface area contributed by atoms with Gasteiger partial charge < -0.3 is 9.72 Å². The minimum atomic E-state index is -0.146. The van der Waals surface area contributed by atoms with Crippen LogP contribution in [0, 0.1) is 18.3 Å². The van der Waals surface area contributed by atoms with Crippen LogP contribution in [0.25, 0.3) is 21.3 Å². The molecule has 0 saturated carbocycles. The van der Waals surface area contributed by atoms with E-state index in [0.717, 1.165) is 34.6 Å². The number of aryl methyl sites for hydroxylation is 1. The van der Waals surface area contributed by atoms with Gasteiger partial charge in [0.05, 0.1) is 18.6 Å². The number of thiophene rings is 1. The van der Waals surface area contributed by atoms with Crippen molar-refractivity contribution in [3.63, 3.8) is 0 Å². The quantitative estimate of drug-likeness (QED) is 0.395. The number of rotatable bonds is 6. The van der Waals surface area contributed by atoms with Gasteiger partial charge in [0.2, 0.25) is 0 Å². The zero-order valence-electron chi connectivity index (χ0n) is 14.0. The molecule has 0 unspecified atom stereocenters.